The standard InChI is InChI=1S/C18H22N2O2/c1-3-15(11-16(4-1)18-5-2-8-22-18)12-19-13-17(14-19)20-6-9-21-10-7-20/h1-5,8,11,17H,6-7,9-10,12-14H2. The molecule has 22 heavy (non-hydrogen) atoms. The average Bonchev–Trinajstić information content (AvgIpc) is 3.06. The highest BCUT2D eigenvalue weighted by atomic mass is 16.5. The highest BCUT2D eigenvalue weighted by molar-refractivity contribution is 5.58. The molecule has 0 bridgehead atoms. The van der Waals surface area contributed by atoms with Crippen molar-refractivity contribution in [1.82, 2.24) is 9.80 Å². The van der Waals surface area contributed by atoms with Crippen molar-refractivity contribution in [2.45, 2.75) is 12.6 Å². The van der Waals surface area contributed by atoms with Gasteiger partial charge in [-0.15, -0.1) is 0 Å². The van der Waals surface area contributed by atoms with E-state index in [4.69, 9.17) is 9.15 Å². The zero-order chi connectivity index (χ0) is 14.8. The first-order chi connectivity index (χ1) is 10.9. The Kier molecular flexibility index (Phi) is 3.97. The van der Waals surface area contributed by atoms with Gasteiger partial charge >= 0.3 is 0 Å². The van der Waals surface area contributed by atoms with E-state index in [1.807, 2.05) is 12.1 Å². The van der Waals surface area contributed by atoms with Gasteiger partial charge in [0.25, 0.3) is 0 Å². The van der Waals surface area contributed by atoms with Crippen molar-refractivity contribution in [1.29, 1.82) is 0 Å². The Morgan fingerprint density at radius 1 is 1.05 bits per heavy atom. The van der Waals surface area contributed by atoms with Gasteiger partial charge in [0.2, 0.25) is 0 Å². The molecule has 0 unspecified atom stereocenters. The zero-order valence-electron chi connectivity index (χ0n) is 12.8. The number of hydrogen-bond acceptors (Lipinski definition) is 4. The minimum absolute atomic E-state index is 0.720. The number of furan rings is 1. The van der Waals surface area contributed by atoms with Crippen LogP contribution in [0.2, 0.25) is 0 Å². The number of ether oxygens (including phenoxy) is 1. The van der Waals surface area contributed by atoms with Crippen LogP contribution in [-0.4, -0.2) is 55.2 Å². The third-order valence-corrected chi connectivity index (χ3v) is 4.64. The molecule has 3 heterocycles. The summed E-state index contributed by atoms with van der Waals surface area (Å²) in [5, 5.41) is 0. The second-order valence-corrected chi connectivity index (χ2v) is 6.17. The average molecular weight is 298 g/mol. The number of benzene rings is 1. The van der Waals surface area contributed by atoms with E-state index in [0.717, 1.165) is 50.2 Å². The summed E-state index contributed by atoms with van der Waals surface area (Å²) in [5.41, 5.74) is 2.52. The molecule has 0 aliphatic carbocycles. The van der Waals surface area contributed by atoms with E-state index in [0.29, 0.717) is 0 Å². The molecule has 0 atom stereocenters. The van der Waals surface area contributed by atoms with Gasteiger partial charge in [-0.3, -0.25) is 9.80 Å². The molecule has 0 spiro atoms. The van der Waals surface area contributed by atoms with Crippen LogP contribution in [0.5, 0.6) is 0 Å². The fraction of sp³-hybridized carbons (Fsp3) is 0.444. The Morgan fingerprint density at radius 3 is 2.68 bits per heavy atom. The van der Waals surface area contributed by atoms with Crippen molar-refractivity contribution in [2.75, 3.05) is 39.4 Å². The molecule has 2 fully saturated rings. The maximum absolute atomic E-state index is 5.48. The van der Waals surface area contributed by atoms with Crippen molar-refractivity contribution in [3.8, 4) is 11.3 Å². The largest absolute Gasteiger partial charge is 0.464 e. The van der Waals surface area contributed by atoms with Crippen LogP contribution in [-0.2, 0) is 11.3 Å². The molecule has 4 nitrogen and oxygen atoms in total. The molecule has 4 rings (SSSR count). The zero-order valence-corrected chi connectivity index (χ0v) is 12.8. The minimum atomic E-state index is 0.720. The molecule has 116 valence electrons. The first-order valence-corrected chi connectivity index (χ1v) is 8.05. The van der Waals surface area contributed by atoms with E-state index in [9.17, 15) is 0 Å². The van der Waals surface area contributed by atoms with Crippen LogP contribution in [0.25, 0.3) is 11.3 Å². The van der Waals surface area contributed by atoms with E-state index < -0.39 is 0 Å². The van der Waals surface area contributed by atoms with Crippen molar-refractivity contribution in [2.24, 2.45) is 0 Å². The second-order valence-electron chi connectivity index (χ2n) is 6.17. The molecule has 0 radical (unpaired) electrons. The monoisotopic (exact) mass is 298 g/mol. The Bertz CT molecular complexity index is 599. The third kappa shape index (κ3) is 2.95. The summed E-state index contributed by atoms with van der Waals surface area (Å²) in [6.45, 7) is 7.33. The maximum atomic E-state index is 5.48. The van der Waals surface area contributed by atoms with Gasteiger partial charge in [-0.25, -0.2) is 0 Å². The molecule has 0 N–H and O–H groups in total. The van der Waals surface area contributed by atoms with Crippen molar-refractivity contribution < 1.29 is 9.15 Å². The fourth-order valence-corrected chi connectivity index (χ4v) is 3.37. The van der Waals surface area contributed by atoms with Gasteiger partial charge in [-0.1, -0.05) is 18.2 Å². The van der Waals surface area contributed by atoms with Gasteiger partial charge in [0, 0.05) is 44.3 Å². The topological polar surface area (TPSA) is 28.9 Å². The number of hydrogen-bond donors (Lipinski definition) is 0. The van der Waals surface area contributed by atoms with E-state index in [2.05, 4.69) is 34.1 Å². The van der Waals surface area contributed by atoms with Gasteiger partial charge in [-0.05, 0) is 23.8 Å². The van der Waals surface area contributed by atoms with Crippen LogP contribution in [0.1, 0.15) is 5.56 Å². The molecule has 4 heteroatoms. The van der Waals surface area contributed by atoms with Crippen LogP contribution >= 0.6 is 0 Å². The number of nitrogens with zero attached hydrogens (tertiary/aromatic N) is 2. The van der Waals surface area contributed by atoms with Crippen LogP contribution in [0.15, 0.2) is 47.1 Å². The molecule has 1 aromatic heterocycles. The third-order valence-electron chi connectivity index (χ3n) is 4.64. The second kappa shape index (κ2) is 6.24. The fourth-order valence-electron chi connectivity index (χ4n) is 3.37. The Hall–Kier alpha value is -1.62. The van der Waals surface area contributed by atoms with E-state index in [1.54, 1.807) is 6.26 Å². The maximum Gasteiger partial charge on any atom is 0.133 e. The smallest absolute Gasteiger partial charge is 0.133 e. The summed E-state index contributed by atoms with van der Waals surface area (Å²) in [5.74, 6) is 0.941. The first-order valence-electron chi connectivity index (χ1n) is 8.05. The summed E-state index contributed by atoms with van der Waals surface area (Å²) in [4.78, 5) is 5.08. The van der Waals surface area contributed by atoms with Crippen molar-refractivity contribution in [3.63, 3.8) is 0 Å². The summed E-state index contributed by atoms with van der Waals surface area (Å²) < 4.78 is 10.9. The van der Waals surface area contributed by atoms with Crippen molar-refractivity contribution in [3.05, 3.63) is 48.2 Å². The molecule has 2 saturated heterocycles. The molecule has 2 aromatic rings. The lowest BCUT2D eigenvalue weighted by Gasteiger charge is -2.46. The van der Waals surface area contributed by atoms with Gasteiger partial charge in [0.1, 0.15) is 5.76 Å². The lowest BCUT2D eigenvalue weighted by molar-refractivity contribution is -0.0344. The molecule has 2 aliphatic rings. The van der Waals surface area contributed by atoms with Gasteiger partial charge in [0.05, 0.1) is 19.5 Å². The quantitative estimate of drug-likeness (QED) is 0.867. The molecular formula is C18H22N2O2. The van der Waals surface area contributed by atoms with Crippen LogP contribution in [0, 0.1) is 0 Å². The summed E-state index contributed by atoms with van der Waals surface area (Å²) in [7, 11) is 0. The van der Waals surface area contributed by atoms with Gasteiger partial charge in [0.15, 0.2) is 0 Å². The van der Waals surface area contributed by atoms with Crippen LogP contribution in [0.3, 0.4) is 0 Å². The van der Waals surface area contributed by atoms with E-state index >= 15 is 0 Å². The molecule has 0 saturated carbocycles. The van der Waals surface area contributed by atoms with Gasteiger partial charge in [-0.2, -0.15) is 0 Å². The molecule has 2 aliphatic heterocycles. The lowest BCUT2D eigenvalue weighted by atomic mass is 10.0. The predicted octanol–water partition coefficient (Wildman–Crippen LogP) is 2.46. The molecule has 0 amide bonds. The highest BCUT2D eigenvalue weighted by Gasteiger charge is 2.32. The van der Waals surface area contributed by atoms with E-state index in [1.165, 1.54) is 18.7 Å². The molecule has 1 aromatic carbocycles. The minimum Gasteiger partial charge on any atom is -0.464 e. The number of likely N-dealkylation sites (tertiary alicyclic amines) is 1. The number of rotatable bonds is 4. The van der Waals surface area contributed by atoms with Crippen molar-refractivity contribution >= 4 is 0 Å². The van der Waals surface area contributed by atoms with Gasteiger partial charge < -0.3 is 9.15 Å². The molecular weight excluding hydrogens is 276 g/mol. The first kappa shape index (κ1) is 14.0. The normalized spacial score (nSPS) is 20.9. The summed E-state index contributed by atoms with van der Waals surface area (Å²) in [6, 6.07) is 13.3. The lowest BCUT2D eigenvalue weighted by Crippen LogP contribution is -2.60. The highest BCUT2D eigenvalue weighted by Crippen LogP contribution is 2.23. The van der Waals surface area contributed by atoms with Crippen LogP contribution in [0.4, 0.5) is 0 Å². The Labute approximate surface area is 131 Å². The number of morpholine rings is 1. The Morgan fingerprint density at radius 2 is 1.91 bits per heavy atom. The Balaban J connectivity index is 1.34. The SMILES string of the molecule is c1cc(CN2CC(N3CCOCC3)C2)cc(-c2ccco2)c1. The van der Waals surface area contributed by atoms with Crippen LogP contribution < -0.4 is 0 Å². The summed E-state index contributed by atoms with van der Waals surface area (Å²) in [6.07, 6.45) is 1.73. The summed E-state index contributed by atoms with van der Waals surface area (Å²) >= 11 is 0. The predicted molar refractivity (Wildman–Crippen MR) is 85.6 cm³/mol. The van der Waals surface area contributed by atoms with E-state index in [-0.39, 0.29) is 0 Å².